The SMILES string of the molecule is C=CCCOC(=O)[C@@H]1[C@H]2C(=O)N([C@@H](CO)[C@@H](C)CC)C(C(=O)N(CC=C)c3ccc(Cl)cc3)C23CC[C@H]1O3. The fourth-order valence-electron chi connectivity index (χ4n) is 6.37. The first-order valence-corrected chi connectivity index (χ1v) is 13.7. The molecule has 2 bridgehead atoms. The minimum absolute atomic E-state index is 0.0898. The second kappa shape index (κ2) is 11.6. The summed E-state index contributed by atoms with van der Waals surface area (Å²) in [6.07, 6.45) is 4.96. The second-order valence-electron chi connectivity index (χ2n) is 10.4. The van der Waals surface area contributed by atoms with Crippen molar-refractivity contribution in [2.45, 2.75) is 63.3 Å². The first-order valence-electron chi connectivity index (χ1n) is 13.3. The third-order valence-electron chi connectivity index (χ3n) is 8.37. The predicted molar refractivity (Wildman–Crippen MR) is 145 cm³/mol. The van der Waals surface area contributed by atoms with E-state index in [0.717, 1.165) is 0 Å². The third-order valence-corrected chi connectivity index (χ3v) is 8.62. The Morgan fingerprint density at radius 1 is 1.32 bits per heavy atom. The highest BCUT2D eigenvalue weighted by Crippen LogP contribution is 2.59. The Kier molecular flexibility index (Phi) is 8.65. The average Bonchev–Trinajstić information content (AvgIpc) is 3.55. The van der Waals surface area contributed by atoms with Gasteiger partial charge in [-0.1, -0.05) is 44.0 Å². The van der Waals surface area contributed by atoms with Crippen molar-refractivity contribution in [3.8, 4) is 0 Å². The van der Waals surface area contributed by atoms with E-state index in [9.17, 15) is 19.5 Å². The number of benzene rings is 1. The number of halogens is 1. The molecule has 3 aliphatic heterocycles. The molecule has 2 unspecified atom stereocenters. The lowest BCUT2D eigenvalue weighted by atomic mass is 9.70. The van der Waals surface area contributed by atoms with Crippen molar-refractivity contribution >= 4 is 35.1 Å². The fraction of sp³-hybridized carbons (Fsp3) is 0.552. The summed E-state index contributed by atoms with van der Waals surface area (Å²) in [5.74, 6) is -2.93. The number of hydrogen-bond donors (Lipinski definition) is 1. The highest BCUT2D eigenvalue weighted by molar-refractivity contribution is 6.30. The summed E-state index contributed by atoms with van der Waals surface area (Å²) in [5.41, 5.74) is -0.586. The zero-order valence-electron chi connectivity index (χ0n) is 22.1. The van der Waals surface area contributed by atoms with Crippen molar-refractivity contribution < 1.29 is 29.0 Å². The van der Waals surface area contributed by atoms with Crippen LogP contribution in [0.5, 0.6) is 0 Å². The first-order chi connectivity index (χ1) is 18.2. The van der Waals surface area contributed by atoms with Crippen LogP contribution in [0.25, 0.3) is 0 Å². The third kappa shape index (κ3) is 4.67. The Morgan fingerprint density at radius 3 is 2.63 bits per heavy atom. The molecule has 4 rings (SSSR count). The average molecular weight is 545 g/mol. The molecule has 38 heavy (non-hydrogen) atoms. The molecular formula is C29H37ClN2O6. The van der Waals surface area contributed by atoms with Crippen molar-refractivity contribution in [1.29, 1.82) is 0 Å². The van der Waals surface area contributed by atoms with Gasteiger partial charge in [0.05, 0.1) is 37.2 Å². The number of rotatable bonds is 12. The van der Waals surface area contributed by atoms with Crippen LogP contribution in [0.3, 0.4) is 0 Å². The number of anilines is 1. The Hall–Kier alpha value is -2.68. The lowest BCUT2D eigenvalue weighted by Crippen LogP contribution is -2.60. The van der Waals surface area contributed by atoms with Crippen molar-refractivity contribution in [2.75, 3.05) is 24.7 Å². The zero-order chi connectivity index (χ0) is 27.6. The summed E-state index contributed by atoms with van der Waals surface area (Å²) in [6, 6.07) is 5.24. The van der Waals surface area contributed by atoms with Crippen LogP contribution in [0.2, 0.25) is 5.02 Å². The Morgan fingerprint density at radius 2 is 2.03 bits per heavy atom. The number of likely N-dealkylation sites (tertiary alicyclic amines) is 1. The van der Waals surface area contributed by atoms with E-state index in [-0.39, 0.29) is 37.5 Å². The molecule has 3 saturated heterocycles. The van der Waals surface area contributed by atoms with Gasteiger partial charge in [-0.15, -0.1) is 13.2 Å². The van der Waals surface area contributed by atoms with Crippen LogP contribution >= 0.6 is 11.6 Å². The van der Waals surface area contributed by atoms with E-state index in [1.165, 1.54) is 4.90 Å². The summed E-state index contributed by atoms with van der Waals surface area (Å²) in [4.78, 5) is 45.0. The molecule has 8 nitrogen and oxygen atoms in total. The molecule has 1 aromatic carbocycles. The number of aliphatic hydroxyl groups is 1. The Bertz CT molecular complexity index is 1080. The molecule has 3 fully saturated rings. The molecule has 206 valence electrons. The summed E-state index contributed by atoms with van der Waals surface area (Å²) >= 11 is 6.09. The summed E-state index contributed by atoms with van der Waals surface area (Å²) in [6.45, 7) is 11.5. The van der Waals surface area contributed by atoms with Gasteiger partial charge in [-0.3, -0.25) is 14.4 Å². The van der Waals surface area contributed by atoms with Crippen molar-refractivity contribution in [3.05, 3.63) is 54.6 Å². The molecule has 1 N–H and O–H groups in total. The molecule has 0 aromatic heterocycles. The van der Waals surface area contributed by atoms with Gasteiger partial charge in [0.2, 0.25) is 5.91 Å². The van der Waals surface area contributed by atoms with Crippen LogP contribution < -0.4 is 4.90 Å². The van der Waals surface area contributed by atoms with E-state index in [1.54, 1.807) is 41.3 Å². The predicted octanol–water partition coefficient (Wildman–Crippen LogP) is 3.76. The molecule has 0 radical (unpaired) electrons. The number of carbonyl (C=O) groups is 3. The van der Waals surface area contributed by atoms with Crippen LogP contribution in [0.1, 0.15) is 39.5 Å². The smallest absolute Gasteiger partial charge is 0.312 e. The van der Waals surface area contributed by atoms with Crippen molar-refractivity contribution in [1.82, 2.24) is 4.90 Å². The first kappa shape index (κ1) is 28.3. The topological polar surface area (TPSA) is 96.4 Å². The maximum absolute atomic E-state index is 14.5. The number of amides is 2. The standard InChI is InChI=1S/C29H37ClN2O6/c1-5-8-16-37-28(36)23-22-13-14-29(38-22)24(23)26(34)32(21(17-33)18(4)7-3)25(29)27(35)31(15-6-2)20-11-9-19(30)10-12-20/h5-6,9-12,18,21-25,33H,1-2,7-8,13-17H2,3-4H3/t18-,21-,22+,23-,24-,25?,29?/m0/s1. The lowest BCUT2D eigenvalue weighted by Gasteiger charge is -2.40. The second-order valence-corrected chi connectivity index (χ2v) is 10.8. The zero-order valence-corrected chi connectivity index (χ0v) is 22.8. The minimum atomic E-state index is -1.19. The molecule has 3 heterocycles. The molecule has 1 spiro atoms. The molecule has 2 amide bonds. The number of ether oxygens (including phenoxy) is 2. The minimum Gasteiger partial charge on any atom is -0.465 e. The molecule has 7 atom stereocenters. The van der Waals surface area contributed by atoms with Crippen LogP contribution in [0, 0.1) is 17.8 Å². The molecule has 3 aliphatic rings. The summed E-state index contributed by atoms with van der Waals surface area (Å²) in [7, 11) is 0. The summed E-state index contributed by atoms with van der Waals surface area (Å²) < 4.78 is 12.0. The van der Waals surface area contributed by atoms with E-state index in [0.29, 0.717) is 36.4 Å². The van der Waals surface area contributed by atoms with Gasteiger partial charge in [0.15, 0.2) is 0 Å². The Balaban J connectivity index is 1.79. The number of fused-ring (bicyclic) bond motifs is 1. The number of nitrogens with zero attached hydrogens (tertiary/aromatic N) is 2. The van der Waals surface area contributed by atoms with Gasteiger partial charge in [0.1, 0.15) is 11.6 Å². The van der Waals surface area contributed by atoms with Gasteiger partial charge >= 0.3 is 5.97 Å². The maximum atomic E-state index is 14.5. The van der Waals surface area contributed by atoms with E-state index in [1.807, 2.05) is 13.8 Å². The summed E-state index contributed by atoms with van der Waals surface area (Å²) in [5, 5.41) is 11.0. The van der Waals surface area contributed by atoms with Gasteiger partial charge in [-0.2, -0.15) is 0 Å². The van der Waals surface area contributed by atoms with Crippen LogP contribution in [0.4, 0.5) is 5.69 Å². The molecular weight excluding hydrogens is 508 g/mol. The largest absolute Gasteiger partial charge is 0.465 e. The van der Waals surface area contributed by atoms with Gasteiger partial charge in [0.25, 0.3) is 5.91 Å². The van der Waals surface area contributed by atoms with E-state index < -0.39 is 41.6 Å². The molecule has 0 aliphatic carbocycles. The van der Waals surface area contributed by atoms with Gasteiger partial charge in [0, 0.05) is 17.3 Å². The van der Waals surface area contributed by atoms with Gasteiger partial charge < -0.3 is 24.4 Å². The van der Waals surface area contributed by atoms with E-state index >= 15 is 0 Å². The highest BCUT2D eigenvalue weighted by atomic mass is 35.5. The highest BCUT2D eigenvalue weighted by Gasteiger charge is 2.75. The van der Waals surface area contributed by atoms with Gasteiger partial charge in [-0.05, 0) is 49.4 Å². The van der Waals surface area contributed by atoms with Crippen molar-refractivity contribution in [3.63, 3.8) is 0 Å². The quantitative estimate of drug-likeness (QED) is 0.244. The normalized spacial score (nSPS) is 29.1. The molecule has 1 aromatic rings. The lowest BCUT2D eigenvalue weighted by molar-refractivity contribution is -0.156. The number of esters is 1. The van der Waals surface area contributed by atoms with E-state index in [4.69, 9.17) is 21.1 Å². The number of carbonyl (C=O) groups excluding carboxylic acids is 3. The molecule has 0 saturated carbocycles. The van der Waals surface area contributed by atoms with Crippen molar-refractivity contribution in [2.24, 2.45) is 17.8 Å². The Labute approximate surface area is 229 Å². The maximum Gasteiger partial charge on any atom is 0.312 e. The molecule has 9 heteroatoms. The van der Waals surface area contributed by atoms with Crippen LogP contribution in [-0.2, 0) is 23.9 Å². The van der Waals surface area contributed by atoms with E-state index in [2.05, 4.69) is 13.2 Å². The fourth-order valence-corrected chi connectivity index (χ4v) is 6.50. The van der Waals surface area contributed by atoms with Crippen LogP contribution in [-0.4, -0.2) is 71.3 Å². The number of aliphatic hydroxyl groups excluding tert-OH is 1. The van der Waals surface area contributed by atoms with Gasteiger partial charge in [-0.25, -0.2) is 0 Å². The monoisotopic (exact) mass is 544 g/mol. The van der Waals surface area contributed by atoms with Crippen LogP contribution in [0.15, 0.2) is 49.6 Å². The number of hydrogen-bond acceptors (Lipinski definition) is 6.